The molecule has 0 bridgehead atoms. The van der Waals surface area contributed by atoms with Gasteiger partial charge in [-0.1, -0.05) is 48.1 Å². The number of allylic oxidation sites excluding steroid dienone is 1. The fourth-order valence-corrected chi connectivity index (χ4v) is 2.28. The summed E-state index contributed by atoms with van der Waals surface area (Å²) in [5.41, 5.74) is 3.96. The van der Waals surface area contributed by atoms with E-state index in [1.807, 2.05) is 55.5 Å². The summed E-state index contributed by atoms with van der Waals surface area (Å²) in [5.74, 6) is 0.988. The first-order valence-corrected chi connectivity index (χ1v) is 7.37. The Morgan fingerprint density at radius 1 is 1.14 bits per heavy atom. The number of methoxy groups -OCH3 is 1. The van der Waals surface area contributed by atoms with Crippen molar-refractivity contribution in [2.24, 2.45) is 0 Å². The molecule has 2 nitrogen and oxygen atoms in total. The summed E-state index contributed by atoms with van der Waals surface area (Å²) in [6, 6.07) is 13.8. The molecule has 0 saturated heterocycles. The molecule has 0 spiro atoms. The van der Waals surface area contributed by atoms with E-state index in [4.69, 9.17) is 4.74 Å². The average Bonchev–Trinajstić information content (AvgIpc) is 2.52. The van der Waals surface area contributed by atoms with Gasteiger partial charge < -0.3 is 9.84 Å². The molecule has 0 amide bonds. The highest BCUT2D eigenvalue weighted by Crippen LogP contribution is 2.32. The molecule has 0 unspecified atom stereocenters. The lowest BCUT2D eigenvalue weighted by atomic mass is 10.0. The van der Waals surface area contributed by atoms with Crippen molar-refractivity contribution in [3.63, 3.8) is 0 Å². The molecule has 0 saturated carbocycles. The summed E-state index contributed by atoms with van der Waals surface area (Å²) in [7, 11) is 1.63. The van der Waals surface area contributed by atoms with Crippen molar-refractivity contribution >= 4 is 12.2 Å². The van der Waals surface area contributed by atoms with E-state index in [9.17, 15) is 5.11 Å². The fourth-order valence-electron chi connectivity index (χ4n) is 2.28. The molecular weight excluding hydrogens is 272 g/mol. The van der Waals surface area contributed by atoms with Gasteiger partial charge in [0, 0.05) is 5.56 Å². The van der Waals surface area contributed by atoms with Crippen LogP contribution in [0.2, 0.25) is 0 Å². The zero-order chi connectivity index (χ0) is 15.9. The van der Waals surface area contributed by atoms with Crippen molar-refractivity contribution in [1.82, 2.24) is 0 Å². The van der Waals surface area contributed by atoms with E-state index in [1.54, 1.807) is 13.2 Å². The molecule has 0 aromatic heterocycles. The third-order valence-corrected chi connectivity index (χ3v) is 3.50. The maximum atomic E-state index is 10.3. The molecule has 0 aliphatic heterocycles. The van der Waals surface area contributed by atoms with Crippen LogP contribution in [-0.2, 0) is 6.42 Å². The second-order valence-electron chi connectivity index (χ2n) is 5.42. The van der Waals surface area contributed by atoms with E-state index in [1.165, 1.54) is 0 Å². The van der Waals surface area contributed by atoms with E-state index >= 15 is 0 Å². The quantitative estimate of drug-likeness (QED) is 0.594. The van der Waals surface area contributed by atoms with Crippen molar-refractivity contribution in [3.8, 4) is 11.5 Å². The summed E-state index contributed by atoms with van der Waals surface area (Å²) in [6.45, 7) is 5.89. The number of hydrogen-bond acceptors (Lipinski definition) is 2. The molecular formula is C20H22O2. The highest BCUT2D eigenvalue weighted by atomic mass is 16.5. The number of benzene rings is 2. The molecule has 0 heterocycles. The van der Waals surface area contributed by atoms with Crippen molar-refractivity contribution in [1.29, 1.82) is 0 Å². The van der Waals surface area contributed by atoms with Crippen molar-refractivity contribution in [3.05, 3.63) is 71.3 Å². The Morgan fingerprint density at radius 2 is 1.82 bits per heavy atom. The molecule has 0 atom stereocenters. The number of phenolic OH excluding ortho intramolecular Hbond substituents is 1. The summed E-state index contributed by atoms with van der Waals surface area (Å²) in [5, 5.41) is 10.3. The second kappa shape index (κ2) is 7.51. The van der Waals surface area contributed by atoms with Gasteiger partial charge in [-0.15, -0.1) is 6.58 Å². The third kappa shape index (κ3) is 4.26. The Kier molecular flexibility index (Phi) is 5.42. The molecule has 1 N–H and O–H groups in total. The lowest BCUT2D eigenvalue weighted by Gasteiger charge is -2.12. The van der Waals surface area contributed by atoms with Gasteiger partial charge in [0.2, 0.25) is 0 Å². The van der Waals surface area contributed by atoms with Crippen LogP contribution in [0.15, 0.2) is 54.6 Å². The molecule has 114 valence electrons. The van der Waals surface area contributed by atoms with Crippen molar-refractivity contribution in [2.75, 3.05) is 7.11 Å². The van der Waals surface area contributed by atoms with Crippen LogP contribution in [-0.4, -0.2) is 12.2 Å². The first-order chi connectivity index (χ1) is 10.6. The molecule has 2 aromatic rings. The van der Waals surface area contributed by atoms with Crippen LogP contribution in [0, 0.1) is 0 Å². The molecule has 0 fully saturated rings. The van der Waals surface area contributed by atoms with Gasteiger partial charge >= 0.3 is 0 Å². The molecule has 0 aliphatic rings. The average molecular weight is 294 g/mol. The molecule has 2 rings (SSSR count). The lowest BCUT2D eigenvalue weighted by molar-refractivity contribution is 0.399. The van der Waals surface area contributed by atoms with Gasteiger partial charge in [-0.25, -0.2) is 0 Å². The molecule has 2 aromatic carbocycles. The van der Waals surface area contributed by atoms with Gasteiger partial charge in [0.05, 0.1) is 7.11 Å². The number of aromatic hydroxyl groups is 1. The van der Waals surface area contributed by atoms with Gasteiger partial charge in [0.15, 0.2) is 0 Å². The highest BCUT2D eigenvalue weighted by molar-refractivity contribution is 5.71. The van der Waals surface area contributed by atoms with E-state index in [0.717, 1.165) is 35.1 Å². The van der Waals surface area contributed by atoms with Gasteiger partial charge in [-0.2, -0.15) is 0 Å². The van der Waals surface area contributed by atoms with Crippen LogP contribution in [0.25, 0.3) is 12.2 Å². The first-order valence-electron chi connectivity index (χ1n) is 7.37. The van der Waals surface area contributed by atoms with Gasteiger partial charge in [-0.3, -0.25) is 0 Å². The van der Waals surface area contributed by atoms with Crippen LogP contribution in [0.1, 0.15) is 30.0 Å². The van der Waals surface area contributed by atoms with Crippen molar-refractivity contribution < 1.29 is 9.84 Å². The summed E-state index contributed by atoms with van der Waals surface area (Å²) >= 11 is 0. The maximum absolute atomic E-state index is 10.3. The Bertz CT molecular complexity index is 670. The SMILES string of the molecule is C=C(C)CCc1c(O)cc(/C=C/c2ccccc2)cc1OC. The van der Waals surface area contributed by atoms with Crippen LogP contribution in [0.3, 0.4) is 0 Å². The molecule has 2 heteroatoms. The third-order valence-electron chi connectivity index (χ3n) is 3.50. The summed E-state index contributed by atoms with van der Waals surface area (Å²) < 4.78 is 5.43. The monoisotopic (exact) mass is 294 g/mol. The van der Waals surface area contributed by atoms with Crippen LogP contribution >= 0.6 is 0 Å². The number of rotatable bonds is 6. The largest absolute Gasteiger partial charge is 0.508 e. The van der Waals surface area contributed by atoms with Gasteiger partial charge in [0.1, 0.15) is 11.5 Å². The predicted octanol–water partition coefficient (Wildman–Crippen LogP) is 5.08. The smallest absolute Gasteiger partial charge is 0.126 e. The topological polar surface area (TPSA) is 29.5 Å². The molecule has 0 radical (unpaired) electrons. The molecule has 0 aliphatic carbocycles. The van der Waals surface area contributed by atoms with Crippen LogP contribution in [0.4, 0.5) is 0 Å². The van der Waals surface area contributed by atoms with E-state index in [0.29, 0.717) is 5.75 Å². The zero-order valence-electron chi connectivity index (χ0n) is 13.2. The minimum absolute atomic E-state index is 0.272. The number of phenols is 1. The Labute approximate surface area is 132 Å². The van der Waals surface area contributed by atoms with E-state index in [-0.39, 0.29) is 5.75 Å². The Morgan fingerprint density at radius 3 is 2.45 bits per heavy atom. The Balaban J connectivity index is 2.25. The normalized spacial score (nSPS) is 10.8. The second-order valence-corrected chi connectivity index (χ2v) is 5.42. The number of hydrogen-bond donors (Lipinski definition) is 1. The van der Waals surface area contributed by atoms with Gasteiger partial charge in [-0.05, 0) is 43.0 Å². The lowest BCUT2D eigenvalue weighted by Crippen LogP contribution is -1.95. The fraction of sp³-hybridized carbons (Fsp3) is 0.200. The van der Waals surface area contributed by atoms with Gasteiger partial charge in [0.25, 0.3) is 0 Å². The van der Waals surface area contributed by atoms with E-state index < -0.39 is 0 Å². The zero-order valence-corrected chi connectivity index (χ0v) is 13.2. The van der Waals surface area contributed by atoms with Crippen LogP contribution < -0.4 is 4.74 Å². The predicted molar refractivity (Wildman–Crippen MR) is 93.2 cm³/mol. The Hall–Kier alpha value is -2.48. The van der Waals surface area contributed by atoms with E-state index in [2.05, 4.69) is 6.58 Å². The molecule has 22 heavy (non-hydrogen) atoms. The highest BCUT2D eigenvalue weighted by Gasteiger charge is 2.10. The van der Waals surface area contributed by atoms with Crippen LogP contribution in [0.5, 0.6) is 11.5 Å². The first kappa shape index (κ1) is 15.9. The van der Waals surface area contributed by atoms with Crippen molar-refractivity contribution in [2.45, 2.75) is 19.8 Å². The summed E-state index contributed by atoms with van der Waals surface area (Å²) in [4.78, 5) is 0. The number of ether oxygens (including phenoxy) is 1. The maximum Gasteiger partial charge on any atom is 0.126 e. The minimum Gasteiger partial charge on any atom is -0.508 e. The standard InChI is InChI=1S/C20H22O2/c1-15(2)9-12-18-19(21)13-17(14-20(18)22-3)11-10-16-7-5-4-6-8-16/h4-8,10-11,13-14,21H,1,9,12H2,2-3H3/b11-10+. The summed E-state index contributed by atoms with van der Waals surface area (Å²) in [6.07, 6.45) is 5.55. The minimum atomic E-state index is 0.272.